The second kappa shape index (κ2) is 7.11. The average molecular weight is 459 g/mol. The number of imidazole rings is 1. The van der Waals surface area contributed by atoms with E-state index in [-0.39, 0.29) is 22.9 Å². The van der Waals surface area contributed by atoms with Gasteiger partial charge in [-0.1, -0.05) is 12.1 Å². The number of sulfonamides is 1. The van der Waals surface area contributed by atoms with Crippen molar-refractivity contribution >= 4 is 32.4 Å². The summed E-state index contributed by atoms with van der Waals surface area (Å²) in [6.45, 7) is 2.09. The van der Waals surface area contributed by atoms with Crippen LogP contribution in [0.25, 0.3) is 16.2 Å². The zero-order valence-corrected chi connectivity index (χ0v) is 18.2. The lowest BCUT2D eigenvalue weighted by molar-refractivity contribution is 0.558. The van der Waals surface area contributed by atoms with E-state index in [2.05, 4.69) is 9.71 Å². The number of hydrogen-bond acceptors (Lipinski definition) is 5. The smallest absolute Gasteiger partial charge is 0.287 e. The van der Waals surface area contributed by atoms with Gasteiger partial charge in [0.1, 0.15) is 5.82 Å². The molecule has 7 nitrogen and oxygen atoms in total. The largest absolute Gasteiger partial charge is 0.335 e. The van der Waals surface area contributed by atoms with Crippen molar-refractivity contribution < 1.29 is 12.8 Å². The van der Waals surface area contributed by atoms with E-state index in [9.17, 15) is 17.6 Å². The molecule has 10 heteroatoms. The number of nitrogens with one attached hydrogen (secondary N) is 1. The monoisotopic (exact) mass is 458 g/mol. The van der Waals surface area contributed by atoms with E-state index in [1.165, 1.54) is 44.7 Å². The zero-order chi connectivity index (χ0) is 21.8. The maximum atomic E-state index is 13.3. The lowest BCUT2D eigenvalue weighted by Crippen LogP contribution is -2.34. The van der Waals surface area contributed by atoms with Crippen molar-refractivity contribution in [2.45, 2.75) is 36.7 Å². The third kappa shape index (κ3) is 3.71. The van der Waals surface area contributed by atoms with Crippen molar-refractivity contribution in [3.63, 3.8) is 0 Å². The van der Waals surface area contributed by atoms with Gasteiger partial charge in [0.05, 0.1) is 22.5 Å². The van der Waals surface area contributed by atoms with E-state index in [0.29, 0.717) is 16.2 Å². The molecule has 31 heavy (non-hydrogen) atoms. The van der Waals surface area contributed by atoms with E-state index in [1.807, 2.05) is 6.92 Å². The second-order valence-electron chi connectivity index (χ2n) is 7.96. The standard InChI is InChI=1S/C21H19FN4O3S2/c1-21(8-9-21)24-31(28,29)16-6-7-17-18(12-16)26(19-23-10-11-30-19)20(27)25(17)13-14-2-4-15(22)5-3-14/h2-7,10-12,24H,8-9,13H2,1H3. The number of fused-ring (bicyclic) bond motifs is 1. The van der Waals surface area contributed by atoms with Crippen molar-refractivity contribution in [2.75, 3.05) is 0 Å². The lowest BCUT2D eigenvalue weighted by Gasteiger charge is -2.12. The highest BCUT2D eigenvalue weighted by molar-refractivity contribution is 7.89. The Morgan fingerprint density at radius 3 is 2.55 bits per heavy atom. The fourth-order valence-electron chi connectivity index (χ4n) is 3.51. The predicted molar refractivity (Wildman–Crippen MR) is 117 cm³/mol. The van der Waals surface area contributed by atoms with Crippen LogP contribution in [0.2, 0.25) is 0 Å². The SMILES string of the molecule is CC1(NS(=O)(=O)c2ccc3c(c2)n(-c2nccs2)c(=O)n3Cc2ccc(F)cc2)CC1. The highest BCUT2D eigenvalue weighted by atomic mass is 32.2. The number of hydrogen-bond donors (Lipinski definition) is 1. The summed E-state index contributed by atoms with van der Waals surface area (Å²) in [7, 11) is -3.73. The van der Waals surface area contributed by atoms with Crippen LogP contribution in [-0.2, 0) is 16.6 Å². The molecule has 5 rings (SSSR count). The van der Waals surface area contributed by atoms with Gasteiger partial charge in [-0.05, 0) is 55.7 Å². The Balaban J connectivity index is 1.67. The first-order valence-electron chi connectivity index (χ1n) is 9.69. The zero-order valence-electron chi connectivity index (χ0n) is 16.6. The summed E-state index contributed by atoms with van der Waals surface area (Å²) in [4.78, 5) is 17.7. The molecule has 2 aromatic carbocycles. The number of thiazole rings is 1. The first kappa shape index (κ1) is 20.1. The van der Waals surface area contributed by atoms with Gasteiger partial charge < -0.3 is 0 Å². The molecular formula is C21H19FN4O3S2. The summed E-state index contributed by atoms with van der Waals surface area (Å²) in [5.41, 5.74) is 1.02. The molecular weight excluding hydrogens is 439 g/mol. The molecule has 1 aliphatic carbocycles. The Morgan fingerprint density at radius 2 is 1.90 bits per heavy atom. The third-order valence-electron chi connectivity index (χ3n) is 5.46. The summed E-state index contributed by atoms with van der Waals surface area (Å²) in [5.74, 6) is -0.354. The third-order valence-corrected chi connectivity index (χ3v) is 7.85. The van der Waals surface area contributed by atoms with E-state index >= 15 is 0 Å². The van der Waals surface area contributed by atoms with Gasteiger partial charge in [0.2, 0.25) is 10.0 Å². The maximum Gasteiger partial charge on any atom is 0.335 e. The van der Waals surface area contributed by atoms with Crippen molar-refractivity contribution in [1.29, 1.82) is 0 Å². The van der Waals surface area contributed by atoms with Gasteiger partial charge in [-0.15, -0.1) is 11.3 Å². The Labute approximate surface area is 181 Å². The van der Waals surface area contributed by atoms with Gasteiger partial charge in [0.15, 0.2) is 5.13 Å². The van der Waals surface area contributed by atoms with E-state index < -0.39 is 15.6 Å². The van der Waals surface area contributed by atoms with Gasteiger partial charge in [-0.3, -0.25) is 4.57 Å². The van der Waals surface area contributed by atoms with E-state index in [1.54, 1.807) is 29.8 Å². The molecule has 1 fully saturated rings. The highest BCUT2D eigenvalue weighted by Gasteiger charge is 2.41. The minimum atomic E-state index is -3.73. The molecule has 1 aliphatic rings. The average Bonchev–Trinajstić information content (AvgIpc) is 3.13. The van der Waals surface area contributed by atoms with Gasteiger partial charge in [0.25, 0.3) is 0 Å². The fraction of sp³-hybridized carbons (Fsp3) is 0.238. The molecule has 1 saturated carbocycles. The molecule has 1 N–H and O–H groups in total. The van der Waals surface area contributed by atoms with Crippen LogP contribution in [0.15, 0.2) is 63.7 Å². The summed E-state index contributed by atoms with van der Waals surface area (Å²) in [6, 6.07) is 10.6. The van der Waals surface area contributed by atoms with Gasteiger partial charge in [-0.25, -0.2) is 31.9 Å². The molecule has 0 saturated heterocycles. The minimum absolute atomic E-state index is 0.0948. The van der Waals surface area contributed by atoms with Crippen LogP contribution in [0.4, 0.5) is 4.39 Å². The molecule has 2 aromatic heterocycles. The molecule has 4 aromatic rings. The Hall–Kier alpha value is -2.82. The fourth-order valence-corrected chi connectivity index (χ4v) is 5.65. The Morgan fingerprint density at radius 1 is 1.16 bits per heavy atom. The van der Waals surface area contributed by atoms with E-state index in [0.717, 1.165) is 18.4 Å². The summed E-state index contributed by atoms with van der Waals surface area (Å²) in [6.07, 6.45) is 3.18. The second-order valence-corrected chi connectivity index (χ2v) is 10.5. The molecule has 0 bridgehead atoms. The van der Waals surface area contributed by atoms with Crippen LogP contribution in [0.1, 0.15) is 25.3 Å². The number of aromatic nitrogens is 3. The summed E-state index contributed by atoms with van der Waals surface area (Å²) >= 11 is 1.28. The van der Waals surface area contributed by atoms with Crippen LogP contribution >= 0.6 is 11.3 Å². The molecule has 0 atom stereocenters. The quantitative estimate of drug-likeness (QED) is 0.481. The Bertz CT molecular complexity index is 1430. The number of benzene rings is 2. The molecule has 0 amide bonds. The Kier molecular flexibility index (Phi) is 4.61. The highest BCUT2D eigenvalue weighted by Crippen LogP contribution is 2.36. The van der Waals surface area contributed by atoms with E-state index in [4.69, 9.17) is 0 Å². The first-order chi connectivity index (χ1) is 14.8. The molecule has 0 radical (unpaired) electrons. The number of rotatable bonds is 6. The minimum Gasteiger partial charge on any atom is -0.287 e. The van der Waals surface area contributed by atoms with Crippen LogP contribution < -0.4 is 10.4 Å². The van der Waals surface area contributed by atoms with Crippen molar-refractivity contribution in [2.24, 2.45) is 0 Å². The van der Waals surface area contributed by atoms with Gasteiger partial charge in [0, 0.05) is 17.1 Å². The molecule has 0 unspecified atom stereocenters. The predicted octanol–water partition coefficient (Wildman–Crippen LogP) is 3.27. The van der Waals surface area contributed by atoms with Crippen molar-refractivity contribution in [1.82, 2.24) is 18.8 Å². The topological polar surface area (TPSA) is 86.0 Å². The van der Waals surface area contributed by atoms with Crippen LogP contribution in [0, 0.1) is 5.82 Å². The molecule has 160 valence electrons. The van der Waals surface area contributed by atoms with Gasteiger partial charge in [-0.2, -0.15) is 0 Å². The normalized spacial score (nSPS) is 15.4. The van der Waals surface area contributed by atoms with Crippen molar-refractivity contribution in [3.05, 3.63) is 75.9 Å². The lowest BCUT2D eigenvalue weighted by atomic mass is 10.2. The molecule has 2 heterocycles. The van der Waals surface area contributed by atoms with Crippen LogP contribution in [0.3, 0.4) is 0 Å². The molecule has 0 spiro atoms. The van der Waals surface area contributed by atoms with Crippen molar-refractivity contribution in [3.8, 4) is 5.13 Å². The van der Waals surface area contributed by atoms with Crippen LogP contribution in [-0.4, -0.2) is 28.1 Å². The van der Waals surface area contributed by atoms with Crippen LogP contribution in [0.5, 0.6) is 0 Å². The van der Waals surface area contributed by atoms with Gasteiger partial charge >= 0.3 is 5.69 Å². The maximum absolute atomic E-state index is 13.3. The molecule has 0 aliphatic heterocycles. The first-order valence-corrected chi connectivity index (χ1v) is 12.1. The summed E-state index contributed by atoms with van der Waals surface area (Å²) < 4.78 is 44.8. The summed E-state index contributed by atoms with van der Waals surface area (Å²) in [5, 5.41) is 2.20. The number of halogens is 1. The number of nitrogens with zero attached hydrogens (tertiary/aromatic N) is 3.